The van der Waals surface area contributed by atoms with E-state index in [9.17, 15) is 5.11 Å². The summed E-state index contributed by atoms with van der Waals surface area (Å²) in [6, 6.07) is 8.29. The van der Waals surface area contributed by atoms with Crippen molar-refractivity contribution in [2.45, 2.75) is 26.0 Å². The van der Waals surface area contributed by atoms with Crippen molar-refractivity contribution in [3.05, 3.63) is 35.4 Å². The third kappa shape index (κ3) is 3.53. The van der Waals surface area contributed by atoms with Gasteiger partial charge in [-0.25, -0.2) is 0 Å². The molecule has 1 aliphatic heterocycles. The van der Waals surface area contributed by atoms with E-state index in [2.05, 4.69) is 22.3 Å². The Bertz CT molecular complexity index is 347. The van der Waals surface area contributed by atoms with Crippen molar-refractivity contribution in [3.63, 3.8) is 0 Å². The molecule has 0 spiro atoms. The van der Waals surface area contributed by atoms with Gasteiger partial charge in [0.15, 0.2) is 0 Å². The highest BCUT2D eigenvalue weighted by molar-refractivity contribution is 5.26. The molecular weight excluding hydrogens is 212 g/mol. The molecule has 3 heteroatoms. The van der Waals surface area contributed by atoms with Gasteiger partial charge in [-0.2, -0.15) is 0 Å². The van der Waals surface area contributed by atoms with Gasteiger partial charge in [0, 0.05) is 32.7 Å². The van der Waals surface area contributed by atoms with Crippen LogP contribution in [-0.4, -0.2) is 36.2 Å². The second-order valence-electron chi connectivity index (χ2n) is 5.28. The van der Waals surface area contributed by atoms with Gasteiger partial charge in [-0.3, -0.25) is 4.90 Å². The molecule has 0 aromatic heterocycles. The smallest absolute Gasteiger partial charge is 0.0840 e. The van der Waals surface area contributed by atoms with Crippen LogP contribution in [0.5, 0.6) is 0 Å². The molecule has 1 aliphatic rings. The van der Waals surface area contributed by atoms with E-state index in [0.29, 0.717) is 0 Å². The van der Waals surface area contributed by atoms with Crippen LogP contribution in [0.15, 0.2) is 24.3 Å². The molecule has 94 valence electrons. The maximum atomic E-state index is 9.88. The van der Waals surface area contributed by atoms with Gasteiger partial charge in [-0.1, -0.05) is 24.3 Å². The van der Waals surface area contributed by atoms with Gasteiger partial charge in [0.1, 0.15) is 0 Å². The first-order valence-corrected chi connectivity index (χ1v) is 6.30. The number of nitrogens with one attached hydrogen (secondary N) is 1. The van der Waals surface area contributed by atoms with Crippen molar-refractivity contribution in [3.8, 4) is 0 Å². The summed E-state index contributed by atoms with van der Waals surface area (Å²) in [5, 5.41) is 13.2. The zero-order chi connectivity index (χ0) is 12.3. The van der Waals surface area contributed by atoms with Crippen molar-refractivity contribution >= 4 is 0 Å². The minimum Gasteiger partial charge on any atom is -0.386 e. The third-order valence-electron chi connectivity index (χ3n) is 3.28. The highest BCUT2D eigenvalue weighted by Crippen LogP contribution is 2.20. The van der Waals surface area contributed by atoms with Crippen molar-refractivity contribution < 1.29 is 5.11 Å². The number of hydrogen-bond donors (Lipinski definition) is 2. The fourth-order valence-corrected chi connectivity index (χ4v) is 2.15. The molecule has 1 saturated heterocycles. The third-order valence-corrected chi connectivity index (χ3v) is 3.28. The number of nitrogens with zero attached hydrogens (tertiary/aromatic N) is 1. The number of piperazine rings is 1. The van der Waals surface area contributed by atoms with Crippen molar-refractivity contribution in [1.82, 2.24) is 10.2 Å². The maximum absolute atomic E-state index is 9.88. The topological polar surface area (TPSA) is 35.5 Å². The molecule has 1 aromatic carbocycles. The molecule has 0 aliphatic carbocycles. The van der Waals surface area contributed by atoms with Gasteiger partial charge in [0.2, 0.25) is 0 Å². The van der Waals surface area contributed by atoms with E-state index in [0.717, 1.165) is 38.3 Å². The lowest BCUT2D eigenvalue weighted by molar-refractivity contribution is 0.0785. The quantitative estimate of drug-likeness (QED) is 0.828. The summed E-state index contributed by atoms with van der Waals surface area (Å²) < 4.78 is 0. The average Bonchev–Trinajstić information content (AvgIpc) is 2.30. The van der Waals surface area contributed by atoms with Gasteiger partial charge in [-0.05, 0) is 25.0 Å². The molecule has 1 fully saturated rings. The lowest BCUT2D eigenvalue weighted by atomic mass is 9.97. The average molecular weight is 234 g/mol. The van der Waals surface area contributed by atoms with Crippen LogP contribution in [0, 0.1) is 0 Å². The summed E-state index contributed by atoms with van der Waals surface area (Å²) >= 11 is 0. The minimum absolute atomic E-state index is 0.742. The zero-order valence-corrected chi connectivity index (χ0v) is 10.7. The molecule has 2 rings (SSSR count). The second-order valence-corrected chi connectivity index (χ2v) is 5.28. The second kappa shape index (κ2) is 5.17. The lowest BCUT2D eigenvalue weighted by Gasteiger charge is -2.27. The Morgan fingerprint density at radius 1 is 1.18 bits per heavy atom. The molecule has 0 radical (unpaired) electrons. The van der Waals surface area contributed by atoms with Gasteiger partial charge >= 0.3 is 0 Å². The van der Waals surface area contributed by atoms with Crippen LogP contribution in [0.4, 0.5) is 0 Å². The van der Waals surface area contributed by atoms with Crippen LogP contribution < -0.4 is 5.32 Å². The Hall–Kier alpha value is -0.900. The molecule has 0 bridgehead atoms. The predicted octanol–water partition coefficient (Wildman–Crippen LogP) is 1.32. The van der Waals surface area contributed by atoms with Crippen LogP contribution in [0.25, 0.3) is 0 Å². The Kier molecular flexibility index (Phi) is 3.82. The SMILES string of the molecule is CC(C)(O)c1ccc(CN2CCNCC2)cc1. The Morgan fingerprint density at radius 3 is 2.29 bits per heavy atom. The van der Waals surface area contributed by atoms with E-state index in [-0.39, 0.29) is 0 Å². The van der Waals surface area contributed by atoms with Crippen LogP contribution in [-0.2, 0) is 12.1 Å². The molecule has 1 heterocycles. The number of benzene rings is 1. The van der Waals surface area contributed by atoms with Gasteiger partial charge < -0.3 is 10.4 Å². The highest BCUT2D eigenvalue weighted by atomic mass is 16.3. The number of hydrogen-bond acceptors (Lipinski definition) is 3. The van der Waals surface area contributed by atoms with E-state index in [1.165, 1.54) is 5.56 Å². The summed E-state index contributed by atoms with van der Waals surface area (Å²) in [6.07, 6.45) is 0. The molecular formula is C14H22N2O. The molecule has 0 amide bonds. The van der Waals surface area contributed by atoms with E-state index < -0.39 is 5.60 Å². The summed E-state index contributed by atoms with van der Waals surface area (Å²) in [6.45, 7) is 9.05. The van der Waals surface area contributed by atoms with Gasteiger partial charge in [0.05, 0.1) is 5.60 Å². The fourth-order valence-electron chi connectivity index (χ4n) is 2.15. The summed E-state index contributed by atoms with van der Waals surface area (Å²) in [5.41, 5.74) is 1.55. The highest BCUT2D eigenvalue weighted by Gasteiger charge is 2.15. The molecule has 0 atom stereocenters. The van der Waals surface area contributed by atoms with E-state index in [1.807, 2.05) is 26.0 Å². The first kappa shape index (κ1) is 12.6. The molecule has 0 unspecified atom stereocenters. The first-order valence-electron chi connectivity index (χ1n) is 6.30. The molecule has 3 nitrogen and oxygen atoms in total. The molecule has 17 heavy (non-hydrogen) atoms. The normalized spacial score (nSPS) is 18.3. The van der Waals surface area contributed by atoms with Crippen LogP contribution >= 0.6 is 0 Å². The van der Waals surface area contributed by atoms with E-state index >= 15 is 0 Å². The predicted molar refractivity (Wildman–Crippen MR) is 69.8 cm³/mol. The summed E-state index contributed by atoms with van der Waals surface area (Å²) in [7, 11) is 0. The summed E-state index contributed by atoms with van der Waals surface area (Å²) in [4.78, 5) is 2.45. The standard InChI is InChI=1S/C14H22N2O/c1-14(2,17)13-5-3-12(4-6-13)11-16-9-7-15-8-10-16/h3-6,15,17H,7-11H2,1-2H3. The van der Waals surface area contributed by atoms with Crippen molar-refractivity contribution in [2.24, 2.45) is 0 Å². The van der Waals surface area contributed by atoms with E-state index in [4.69, 9.17) is 0 Å². The summed E-state index contributed by atoms with van der Waals surface area (Å²) in [5.74, 6) is 0. The van der Waals surface area contributed by atoms with Crippen molar-refractivity contribution in [1.29, 1.82) is 0 Å². The Labute approximate surface area is 103 Å². The van der Waals surface area contributed by atoms with Gasteiger partial charge in [-0.15, -0.1) is 0 Å². The molecule has 1 aromatic rings. The van der Waals surface area contributed by atoms with E-state index in [1.54, 1.807) is 0 Å². The monoisotopic (exact) mass is 234 g/mol. The minimum atomic E-state index is -0.742. The number of rotatable bonds is 3. The zero-order valence-electron chi connectivity index (χ0n) is 10.7. The largest absolute Gasteiger partial charge is 0.386 e. The maximum Gasteiger partial charge on any atom is 0.0840 e. The Balaban J connectivity index is 1.98. The lowest BCUT2D eigenvalue weighted by Crippen LogP contribution is -2.42. The van der Waals surface area contributed by atoms with Crippen LogP contribution in [0.1, 0.15) is 25.0 Å². The fraction of sp³-hybridized carbons (Fsp3) is 0.571. The first-order chi connectivity index (χ1) is 8.05. The van der Waals surface area contributed by atoms with Gasteiger partial charge in [0.25, 0.3) is 0 Å². The Morgan fingerprint density at radius 2 is 1.76 bits per heavy atom. The number of aliphatic hydroxyl groups is 1. The molecule has 2 N–H and O–H groups in total. The van der Waals surface area contributed by atoms with Crippen molar-refractivity contribution in [2.75, 3.05) is 26.2 Å². The molecule has 0 saturated carbocycles. The van der Waals surface area contributed by atoms with Crippen LogP contribution in [0.3, 0.4) is 0 Å². The van der Waals surface area contributed by atoms with Crippen LogP contribution in [0.2, 0.25) is 0 Å².